The molecule has 0 bridgehead atoms. The van der Waals surface area contributed by atoms with Crippen LogP contribution in [0, 0.1) is 19.8 Å². The van der Waals surface area contributed by atoms with Crippen LogP contribution in [0.1, 0.15) is 36.0 Å². The predicted molar refractivity (Wildman–Crippen MR) is 86.3 cm³/mol. The van der Waals surface area contributed by atoms with Crippen molar-refractivity contribution in [3.8, 4) is 0 Å². The number of oxazole rings is 1. The lowest BCUT2D eigenvalue weighted by atomic mass is 9.99. The quantitative estimate of drug-likeness (QED) is 0.923. The highest BCUT2D eigenvalue weighted by molar-refractivity contribution is 6.07. The maximum atomic E-state index is 12.9. The molecule has 2 heterocycles. The van der Waals surface area contributed by atoms with Crippen LogP contribution in [0.5, 0.6) is 0 Å². The minimum atomic E-state index is -0.127. The number of hydrogen-bond donors (Lipinski definition) is 1. The van der Waals surface area contributed by atoms with E-state index in [1.165, 1.54) is 0 Å². The summed E-state index contributed by atoms with van der Waals surface area (Å²) in [6.45, 7) is 8.48. The van der Waals surface area contributed by atoms with Crippen molar-refractivity contribution in [1.82, 2.24) is 4.98 Å². The summed E-state index contributed by atoms with van der Waals surface area (Å²) in [7, 11) is 0. The minimum absolute atomic E-state index is 0.127. The second kappa shape index (κ2) is 5.48. The first-order valence-electron chi connectivity index (χ1n) is 7.59. The molecule has 0 radical (unpaired) electrons. The number of nitrogens with one attached hydrogen (secondary N) is 1. The molecule has 1 N–H and O–H groups in total. The average molecular weight is 299 g/mol. The second-order valence-corrected chi connectivity index (χ2v) is 6.08. The van der Waals surface area contributed by atoms with E-state index in [1.807, 2.05) is 24.3 Å². The zero-order valence-corrected chi connectivity index (χ0v) is 13.4. The van der Waals surface area contributed by atoms with Crippen LogP contribution in [0.3, 0.4) is 0 Å². The monoisotopic (exact) mass is 299 g/mol. The molecule has 5 heteroatoms. The Hall–Kier alpha value is -2.30. The Kier molecular flexibility index (Phi) is 3.64. The Bertz CT molecular complexity index is 706. The summed E-state index contributed by atoms with van der Waals surface area (Å²) < 4.78 is 5.52. The van der Waals surface area contributed by atoms with Gasteiger partial charge in [-0.25, -0.2) is 4.98 Å². The van der Waals surface area contributed by atoms with Crippen LogP contribution in [-0.2, 0) is 0 Å². The number of amides is 1. The van der Waals surface area contributed by atoms with Gasteiger partial charge in [0, 0.05) is 19.5 Å². The van der Waals surface area contributed by atoms with Crippen molar-refractivity contribution in [2.75, 3.05) is 16.8 Å². The first kappa shape index (κ1) is 14.6. The Labute approximate surface area is 130 Å². The average Bonchev–Trinajstić information content (AvgIpc) is 2.84. The Balaban J connectivity index is 2.01. The molecule has 1 aromatic carbocycles. The molecule has 2 aromatic rings. The molecule has 3 rings (SSSR count). The van der Waals surface area contributed by atoms with E-state index < -0.39 is 0 Å². The third-order valence-corrected chi connectivity index (χ3v) is 4.06. The zero-order chi connectivity index (χ0) is 15.9. The number of hydrogen-bond acceptors (Lipinski definition) is 4. The number of aromatic nitrogens is 1. The minimum Gasteiger partial charge on any atom is -0.436 e. The summed E-state index contributed by atoms with van der Waals surface area (Å²) in [5, 5.41) is 3.51. The fourth-order valence-corrected chi connectivity index (χ4v) is 2.79. The van der Waals surface area contributed by atoms with Crippen LogP contribution < -0.4 is 10.2 Å². The number of anilines is 2. The highest BCUT2D eigenvalue weighted by atomic mass is 16.4. The molecule has 1 aliphatic rings. The summed E-state index contributed by atoms with van der Waals surface area (Å²) >= 11 is 0. The summed E-state index contributed by atoms with van der Waals surface area (Å²) in [4.78, 5) is 18.9. The number of aryl methyl sites for hydroxylation is 2. The van der Waals surface area contributed by atoms with Gasteiger partial charge in [0.1, 0.15) is 0 Å². The van der Waals surface area contributed by atoms with E-state index in [9.17, 15) is 4.79 Å². The fourth-order valence-electron chi connectivity index (χ4n) is 2.79. The van der Waals surface area contributed by atoms with Gasteiger partial charge in [-0.05, 0) is 25.0 Å². The molecule has 1 amide bonds. The Morgan fingerprint density at radius 2 is 2.09 bits per heavy atom. The first-order valence-corrected chi connectivity index (χ1v) is 7.59. The van der Waals surface area contributed by atoms with E-state index in [0.29, 0.717) is 29.8 Å². The Morgan fingerprint density at radius 1 is 1.36 bits per heavy atom. The summed E-state index contributed by atoms with van der Waals surface area (Å²) in [5.41, 5.74) is 2.51. The summed E-state index contributed by atoms with van der Waals surface area (Å²) in [5.74, 6) is 1.14. The topological polar surface area (TPSA) is 58.4 Å². The van der Waals surface area contributed by atoms with Gasteiger partial charge in [-0.1, -0.05) is 26.0 Å². The molecular formula is C17H21N3O2. The number of nitrogens with zero attached hydrogens (tertiary/aromatic N) is 2. The number of benzene rings is 1. The zero-order valence-electron chi connectivity index (χ0n) is 13.4. The molecule has 0 aliphatic carbocycles. The standard InChI is InChI=1S/C17H21N3O2/c1-10(2)14-9-20(15-8-6-5-7-13(15)19-14)17(21)16-11(3)18-12(4)22-16/h5-8,10,14,19H,9H2,1-4H3/t14-/m1/s1. The third-order valence-electron chi connectivity index (χ3n) is 4.06. The maximum absolute atomic E-state index is 12.9. The molecule has 5 nitrogen and oxygen atoms in total. The fraction of sp³-hybridized carbons (Fsp3) is 0.412. The van der Waals surface area contributed by atoms with Gasteiger partial charge in [0.2, 0.25) is 5.76 Å². The molecular weight excluding hydrogens is 278 g/mol. The third kappa shape index (κ3) is 2.47. The first-order chi connectivity index (χ1) is 10.5. The van der Waals surface area contributed by atoms with E-state index in [1.54, 1.807) is 18.7 Å². The largest absolute Gasteiger partial charge is 0.436 e. The van der Waals surface area contributed by atoms with Gasteiger partial charge in [0.25, 0.3) is 5.91 Å². The Morgan fingerprint density at radius 3 is 2.73 bits per heavy atom. The highest BCUT2D eigenvalue weighted by Gasteiger charge is 2.32. The van der Waals surface area contributed by atoms with E-state index in [2.05, 4.69) is 24.1 Å². The lowest BCUT2D eigenvalue weighted by molar-refractivity contribution is 0.0955. The lowest BCUT2D eigenvalue weighted by Gasteiger charge is -2.37. The predicted octanol–water partition coefficient (Wildman–Crippen LogP) is 3.39. The molecule has 1 aliphatic heterocycles. The molecule has 22 heavy (non-hydrogen) atoms. The van der Waals surface area contributed by atoms with Crippen LogP contribution in [0.2, 0.25) is 0 Å². The maximum Gasteiger partial charge on any atom is 0.296 e. The van der Waals surface area contributed by atoms with Gasteiger partial charge in [0.15, 0.2) is 5.89 Å². The summed E-state index contributed by atoms with van der Waals surface area (Å²) in [6, 6.07) is 8.08. The van der Waals surface area contributed by atoms with Crippen molar-refractivity contribution < 1.29 is 9.21 Å². The van der Waals surface area contributed by atoms with Gasteiger partial charge in [-0.15, -0.1) is 0 Å². The van der Waals surface area contributed by atoms with Crippen molar-refractivity contribution in [2.24, 2.45) is 5.92 Å². The van der Waals surface area contributed by atoms with Crippen molar-refractivity contribution in [1.29, 1.82) is 0 Å². The van der Waals surface area contributed by atoms with E-state index in [-0.39, 0.29) is 11.9 Å². The second-order valence-electron chi connectivity index (χ2n) is 6.08. The van der Waals surface area contributed by atoms with E-state index >= 15 is 0 Å². The number of carbonyl (C=O) groups excluding carboxylic acids is 1. The van der Waals surface area contributed by atoms with Gasteiger partial charge in [0.05, 0.1) is 17.1 Å². The molecule has 0 unspecified atom stereocenters. The number of rotatable bonds is 2. The normalized spacial score (nSPS) is 17.3. The molecule has 1 aromatic heterocycles. The molecule has 0 fully saturated rings. The van der Waals surface area contributed by atoms with Gasteiger partial charge in [-0.3, -0.25) is 4.79 Å². The van der Waals surface area contributed by atoms with Gasteiger partial charge < -0.3 is 14.6 Å². The van der Waals surface area contributed by atoms with Crippen LogP contribution in [0.15, 0.2) is 28.7 Å². The van der Waals surface area contributed by atoms with E-state index in [0.717, 1.165) is 11.4 Å². The van der Waals surface area contributed by atoms with Crippen LogP contribution in [0.4, 0.5) is 11.4 Å². The SMILES string of the molecule is Cc1nc(C)c(C(=O)N2C[C@H](C(C)C)Nc3ccccc32)o1. The van der Waals surface area contributed by atoms with Crippen LogP contribution >= 0.6 is 0 Å². The highest BCUT2D eigenvalue weighted by Crippen LogP contribution is 2.33. The van der Waals surface area contributed by atoms with Gasteiger partial charge in [-0.2, -0.15) is 0 Å². The molecule has 1 atom stereocenters. The van der Waals surface area contributed by atoms with Crippen molar-refractivity contribution in [2.45, 2.75) is 33.7 Å². The van der Waals surface area contributed by atoms with Crippen LogP contribution in [0.25, 0.3) is 0 Å². The van der Waals surface area contributed by atoms with Crippen molar-refractivity contribution in [3.63, 3.8) is 0 Å². The number of fused-ring (bicyclic) bond motifs is 1. The van der Waals surface area contributed by atoms with Gasteiger partial charge >= 0.3 is 0 Å². The molecule has 116 valence electrons. The lowest BCUT2D eigenvalue weighted by Crippen LogP contribution is -2.47. The number of carbonyl (C=O) groups is 1. The molecule has 0 spiro atoms. The number of para-hydroxylation sites is 2. The van der Waals surface area contributed by atoms with Crippen molar-refractivity contribution >= 4 is 17.3 Å². The molecule has 0 saturated heterocycles. The molecule has 0 saturated carbocycles. The van der Waals surface area contributed by atoms with Crippen molar-refractivity contribution in [3.05, 3.63) is 41.6 Å². The van der Waals surface area contributed by atoms with E-state index in [4.69, 9.17) is 4.42 Å². The van der Waals surface area contributed by atoms with Crippen LogP contribution in [-0.4, -0.2) is 23.5 Å². The smallest absolute Gasteiger partial charge is 0.296 e. The summed E-state index contributed by atoms with van der Waals surface area (Å²) in [6.07, 6.45) is 0.